The third-order valence-electron chi connectivity index (χ3n) is 2.05. The van der Waals surface area contributed by atoms with E-state index in [0.29, 0.717) is 13.1 Å². The van der Waals surface area contributed by atoms with Crippen molar-refractivity contribution in [2.24, 2.45) is 0 Å². The molecular weight excluding hydrogens is 164 g/mol. The number of halogens is 2. The molecule has 0 spiro atoms. The number of hydrazine groups is 1. The average molecular weight is 179 g/mol. The van der Waals surface area contributed by atoms with E-state index in [4.69, 9.17) is 0 Å². The molecule has 1 saturated heterocycles. The van der Waals surface area contributed by atoms with Crippen molar-refractivity contribution in [1.82, 2.24) is 15.3 Å². The lowest BCUT2D eigenvalue weighted by molar-refractivity contribution is -0.0330. The van der Waals surface area contributed by atoms with Crippen LogP contribution in [0, 0.1) is 0 Å². The first-order valence-electron chi connectivity index (χ1n) is 4.05. The monoisotopic (exact) mass is 179 g/mol. The Bertz CT molecular complexity index is 127. The smallest absolute Gasteiger partial charge is 0.254 e. The molecule has 0 aliphatic carbocycles. The molecule has 1 aliphatic heterocycles. The van der Waals surface area contributed by atoms with Gasteiger partial charge in [-0.2, -0.15) is 0 Å². The summed E-state index contributed by atoms with van der Waals surface area (Å²) in [6, 6.07) is -0.679. The molecule has 1 heterocycles. The molecule has 0 aromatic rings. The molecule has 0 aromatic carbocycles. The molecule has 0 bridgehead atoms. The summed E-state index contributed by atoms with van der Waals surface area (Å²) < 4.78 is 24.5. The second kappa shape index (κ2) is 4.11. The molecule has 1 unspecified atom stereocenters. The Hall–Kier alpha value is -0.260. The molecule has 0 saturated carbocycles. The van der Waals surface area contributed by atoms with E-state index in [-0.39, 0.29) is 0 Å². The maximum atomic E-state index is 12.2. The molecule has 1 aliphatic rings. The number of rotatable bonds is 2. The lowest BCUT2D eigenvalue weighted by Crippen LogP contribution is -2.57. The fourth-order valence-electron chi connectivity index (χ4n) is 1.29. The summed E-state index contributed by atoms with van der Waals surface area (Å²) in [5.41, 5.74) is 0. The first kappa shape index (κ1) is 9.83. The van der Waals surface area contributed by atoms with Crippen molar-refractivity contribution in [3.05, 3.63) is 0 Å². The van der Waals surface area contributed by atoms with Crippen molar-refractivity contribution >= 4 is 0 Å². The fourth-order valence-corrected chi connectivity index (χ4v) is 1.29. The van der Waals surface area contributed by atoms with Crippen LogP contribution in [0.2, 0.25) is 0 Å². The largest absolute Gasteiger partial charge is 0.306 e. The topological polar surface area (TPSA) is 18.5 Å². The van der Waals surface area contributed by atoms with Gasteiger partial charge in [0.25, 0.3) is 6.43 Å². The van der Waals surface area contributed by atoms with Gasteiger partial charge in [0.15, 0.2) is 0 Å². The minimum absolute atomic E-state index is 0.394. The highest BCUT2D eigenvalue weighted by Crippen LogP contribution is 2.07. The third-order valence-corrected chi connectivity index (χ3v) is 2.05. The maximum Gasteiger partial charge on any atom is 0.254 e. The highest BCUT2D eigenvalue weighted by Gasteiger charge is 2.27. The van der Waals surface area contributed by atoms with E-state index in [9.17, 15) is 8.78 Å². The van der Waals surface area contributed by atoms with Gasteiger partial charge in [0.05, 0.1) is 6.04 Å². The Morgan fingerprint density at radius 2 is 2.17 bits per heavy atom. The highest BCUT2D eigenvalue weighted by molar-refractivity contribution is 4.78. The van der Waals surface area contributed by atoms with Gasteiger partial charge in [0, 0.05) is 33.7 Å². The summed E-state index contributed by atoms with van der Waals surface area (Å²) in [4.78, 5) is 0. The number of alkyl halides is 2. The van der Waals surface area contributed by atoms with Crippen molar-refractivity contribution in [1.29, 1.82) is 0 Å². The summed E-state index contributed by atoms with van der Waals surface area (Å²) in [5.74, 6) is 0. The first-order chi connectivity index (χ1) is 5.61. The van der Waals surface area contributed by atoms with Crippen LogP contribution in [0.1, 0.15) is 0 Å². The van der Waals surface area contributed by atoms with Crippen LogP contribution in [0.3, 0.4) is 0 Å². The lowest BCUT2D eigenvalue weighted by atomic mass is 10.2. The molecule has 12 heavy (non-hydrogen) atoms. The zero-order chi connectivity index (χ0) is 9.14. The molecule has 1 atom stereocenters. The normalized spacial score (nSPS) is 27.0. The van der Waals surface area contributed by atoms with Crippen LogP contribution >= 0.6 is 0 Å². The predicted octanol–water partition coefficient (Wildman–Crippen LogP) is 0.00190. The standard InChI is InChI=1S/C7H15F2N3/c1-11(2)12-4-3-10-6(5-12)7(8)9/h6-7,10H,3-5H2,1-2H3. The molecular formula is C7H15F2N3. The number of hydrogen-bond donors (Lipinski definition) is 1. The highest BCUT2D eigenvalue weighted by atomic mass is 19.3. The molecule has 1 fully saturated rings. The van der Waals surface area contributed by atoms with Crippen LogP contribution in [0.5, 0.6) is 0 Å². The Kier molecular flexibility index (Phi) is 3.37. The third kappa shape index (κ3) is 2.36. The van der Waals surface area contributed by atoms with E-state index in [1.54, 1.807) is 0 Å². The zero-order valence-electron chi connectivity index (χ0n) is 7.43. The van der Waals surface area contributed by atoms with Crippen molar-refractivity contribution in [3.8, 4) is 0 Å². The lowest BCUT2D eigenvalue weighted by Gasteiger charge is -2.36. The molecule has 72 valence electrons. The molecule has 0 radical (unpaired) electrons. The van der Waals surface area contributed by atoms with Crippen LogP contribution in [0.15, 0.2) is 0 Å². The summed E-state index contributed by atoms with van der Waals surface area (Å²) in [5, 5.41) is 6.55. The van der Waals surface area contributed by atoms with Gasteiger partial charge in [-0.05, 0) is 0 Å². The van der Waals surface area contributed by atoms with Gasteiger partial charge in [-0.1, -0.05) is 0 Å². The summed E-state index contributed by atoms with van der Waals surface area (Å²) in [6.45, 7) is 1.83. The molecule has 1 N–H and O–H groups in total. The average Bonchev–Trinajstić information content (AvgIpc) is 2.04. The van der Waals surface area contributed by atoms with Crippen molar-refractivity contribution in [3.63, 3.8) is 0 Å². The number of piperazine rings is 1. The molecule has 5 heteroatoms. The van der Waals surface area contributed by atoms with Gasteiger partial charge in [-0.3, -0.25) is 0 Å². The molecule has 0 aromatic heterocycles. The van der Waals surface area contributed by atoms with Crippen LogP contribution in [-0.2, 0) is 0 Å². The maximum absolute atomic E-state index is 12.2. The second-order valence-corrected chi connectivity index (χ2v) is 3.15. The van der Waals surface area contributed by atoms with Gasteiger partial charge in [-0.25, -0.2) is 18.8 Å². The minimum Gasteiger partial charge on any atom is -0.306 e. The van der Waals surface area contributed by atoms with E-state index < -0.39 is 12.5 Å². The van der Waals surface area contributed by atoms with Crippen LogP contribution < -0.4 is 5.32 Å². The Morgan fingerprint density at radius 1 is 1.50 bits per heavy atom. The van der Waals surface area contributed by atoms with Crippen LogP contribution in [0.4, 0.5) is 8.78 Å². The van der Waals surface area contributed by atoms with Crippen molar-refractivity contribution < 1.29 is 8.78 Å². The Balaban J connectivity index is 2.40. The van der Waals surface area contributed by atoms with E-state index in [2.05, 4.69) is 5.32 Å². The number of nitrogens with zero attached hydrogens (tertiary/aromatic N) is 2. The summed E-state index contributed by atoms with van der Waals surface area (Å²) in [6.07, 6.45) is -2.27. The number of hydrogen-bond acceptors (Lipinski definition) is 3. The van der Waals surface area contributed by atoms with E-state index in [1.165, 1.54) is 0 Å². The molecule has 1 rings (SSSR count). The van der Waals surface area contributed by atoms with Crippen molar-refractivity contribution in [2.75, 3.05) is 33.7 Å². The van der Waals surface area contributed by atoms with E-state index >= 15 is 0 Å². The Labute approximate surface area is 71.3 Å². The predicted molar refractivity (Wildman–Crippen MR) is 43.1 cm³/mol. The van der Waals surface area contributed by atoms with Crippen molar-refractivity contribution in [2.45, 2.75) is 12.5 Å². The van der Waals surface area contributed by atoms with E-state index in [1.807, 2.05) is 24.1 Å². The van der Waals surface area contributed by atoms with Gasteiger partial charge in [-0.15, -0.1) is 0 Å². The first-order valence-corrected chi connectivity index (χ1v) is 4.05. The summed E-state index contributed by atoms with van der Waals surface area (Å²) >= 11 is 0. The van der Waals surface area contributed by atoms with E-state index in [0.717, 1.165) is 6.54 Å². The quantitative estimate of drug-likeness (QED) is 0.644. The van der Waals surface area contributed by atoms with Crippen LogP contribution in [-0.4, -0.2) is 56.2 Å². The minimum atomic E-state index is -2.27. The van der Waals surface area contributed by atoms with Crippen LogP contribution in [0.25, 0.3) is 0 Å². The second-order valence-electron chi connectivity index (χ2n) is 3.15. The molecule has 3 nitrogen and oxygen atoms in total. The fraction of sp³-hybridized carbons (Fsp3) is 1.00. The Morgan fingerprint density at radius 3 is 2.67 bits per heavy atom. The zero-order valence-corrected chi connectivity index (χ0v) is 7.43. The van der Waals surface area contributed by atoms with Gasteiger partial charge >= 0.3 is 0 Å². The SMILES string of the molecule is CN(C)N1CCNC(C(F)F)C1. The molecule has 0 amide bonds. The summed E-state index contributed by atoms with van der Waals surface area (Å²) in [7, 11) is 3.74. The van der Waals surface area contributed by atoms with Gasteiger partial charge in [0.1, 0.15) is 0 Å². The number of nitrogens with one attached hydrogen (secondary N) is 1. The van der Waals surface area contributed by atoms with Gasteiger partial charge < -0.3 is 5.32 Å². The van der Waals surface area contributed by atoms with Gasteiger partial charge in [0.2, 0.25) is 0 Å².